The fourth-order valence-electron chi connectivity index (χ4n) is 4.27. The van der Waals surface area contributed by atoms with Gasteiger partial charge in [0.15, 0.2) is 0 Å². The Morgan fingerprint density at radius 3 is 2.35 bits per heavy atom. The number of halogens is 3. The van der Waals surface area contributed by atoms with E-state index in [0.29, 0.717) is 24.3 Å². The van der Waals surface area contributed by atoms with E-state index in [1.165, 1.54) is 12.1 Å². The van der Waals surface area contributed by atoms with Gasteiger partial charge < -0.3 is 14.2 Å². The van der Waals surface area contributed by atoms with Crippen LogP contribution in [0.4, 0.5) is 13.2 Å². The fraction of sp³-hybridized carbons (Fsp3) is 0.192. The molecule has 0 spiro atoms. The van der Waals surface area contributed by atoms with E-state index in [0.717, 1.165) is 39.5 Å². The number of hydrogen-bond acceptors (Lipinski definition) is 3. The maximum Gasteiger partial charge on any atom is 0.416 e. The summed E-state index contributed by atoms with van der Waals surface area (Å²) in [5.74, 6) is 0. The van der Waals surface area contributed by atoms with E-state index < -0.39 is 18.0 Å². The molecule has 1 atom stereocenters. The number of benzene rings is 3. The van der Waals surface area contributed by atoms with Crippen LogP contribution in [0.2, 0.25) is 0 Å². The molecule has 5 rings (SSSR count). The predicted octanol–water partition coefficient (Wildman–Crippen LogP) is 5.59. The summed E-state index contributed by atoms with van der Waals surface area (Å²) >= 11 is 0. The minimum Gasteiger partial charge on any atom is -0.374 e. The molecule has 2 aromatic heterocycles. The van der Waals surface area contributed by atoms with Gasteiger partial charge in [0, 0.05) is 41.9 Å². The highest BCUT2D eigenvalue weighted by Crippen LogP contribution is 2.35. The van der Waals surface area contributed by atoms with Crippen LogP contribution in [0.3, 0.4) is 0 Å². The third-order valence-corrected chi connectivity index (χ3v) is 5.98. The van der Waals surface area contributed by atoms with Gasteiger partial charge in [0.2, 0.25) is 0 Å². The number of aromatic nitrogens is 3. The molecule has 0 fully saturated rings. The van der Waals surface area contributed by atoms with Gasteiger partial charge in [0.25, 0.3) is 0 Å². The lowest BCUT2D eigenvalue weighted by Gasteiger charge is -2.14. The molecule has 5 aromatic rings. The Morgan fingerprint density at radius 2 is 1.68 bits per heavy atom. The highest BCUT2D eigenvalue weighted by Gasteiger charge is 2.30. The van der Waals surface area contributed by atoms with Gasteiger partial charge >= 0.3 is 6.18 Å². The second-order valence-corrected chi connectivity index (χ2v) is 8.33. The van der Waals surface area contributed by atoms with Crippen molar-refractivity contribution in [1.29, 1.82) is 0 Å². The molecule has 174 valence electrons. The first-order valence-corrected chi connectivity index (χ1v) is 10.9. The van der Waals surface area contributed by atoms with E-state index in [1.54, 1.807) is 12.5 Å². The van der Waals surface area contributed by atoms with Gasteiger partial charge in [-0.3, -0.25) is 5.32 Å². The van der Waals surface area contributed by atoms with Crippen molar-refractivity contribution in [1.82, 2.24) is 19.4 Å². The summed E-state index contributed by atoms with van der Waals surface area (Å²) in [4.78, 5) is 4.01. The first kappa shape index (κ1) is 22.2. The molecule has 5 nitrogen and oxygen atoms in total. The molecule has 2 heterocycles. The van der Waals surface area contributed by atoms with Crippen molar-refractivity contribution in [3.63, 3.8) is 0 Å². The number of alkyl halides is 3. The molecule has 3 aromatic carbocycles. The third-order valence-electron chi connectivity index (χ3n) is 5.98. The van der Waals surface area contributed by atoms with Crippen LogP contribution in [0.1, 0.15) is 22.9 Å². The van der Waals surface area contributed by atoms with E-state index in [2.05, 4.69) is 16.4 Å². The van der Waals surface area contributed by atoms with E-state index in [9.17, 15) is 18.3 Å². The average Bonchev–Trinajstić information content (AvgIpc) is 3.44. The number of fused-ring (bicyclic) bond motifs is 3. The summed E-state index contributed by atoms with van der Waals surface area (Å²) in [5, 5.41) is 15.7. The van der Waals surface area contributed by atoms with E-state index in [4.69, 9.17) is 0 Å². The Bertz CT molecular complexity index is 1440. The molecule has 0 aliphatic heterocycles. The Balaban J connectivity index is 1.53. The van der Waals surface area contributed by atoms with Gasteiger partial charge in [-0.2, -0.15) is 13.2 Å². The first-order chi connectivity index (χ1) is 16.3. The third kappa shape index (κ3) is 4.18. The van der Waals surface area contributed by atoms with Crippen molar-refractivity contribution in [2.45, 2.75) is 25.9 Å². The SMILES string of the molecule is Cc1ccc2c(c1)c1cc(C(O)NCCn3ccnc3)ccc1n2-c1ccc(C(F)(F)F)cc1. The molecule has 0 saturated carbocycles. The van der Waals surface area contributed by atoms with Crippen LogP contribution >= 0.6 is 0 Å². The Hall–Kier alpha value is -3.62. The minimum absolute atomic E-state index is 0.558. The summed E-state index contributed by atoms with van der Waals surface area (Å²) in [7, 11) is 0. The molecular formula is C26H23F3N4O. The number of nitrogens with one attached hydrogen (secondary N) is 1. The average molecular weight is 464 g/mol. The summed E-state index contributed by atoms with van der Waals surface area (Å²) in [6, 6.07) is 16.9. The normalized spacial score (nSPS) is 13.1. The molecule has 34 heavy (non-hydrogen) atoms. The molecule has 0 saturated heterocycles. The van der Waals surface area contributed by atoms with Crippen LogP contribution in [-0.4, -0.2) is 25.8 Å². The number of imidazole rings is 1. The fourth-order valence-corrected chi connectivity index (χ4v) is 4.27. The lowest BCUT2D eigenvalue weighted by Crippen LogP contribution is -2.24. The number of hydrogen-bond donors (Lipinski definition) is 2. The topological polar surface area (TPSA) is 55.0 Å². The summed E-state index contributed by atoms with van der Waals surface area (Å²) in [6.07, 6.45) is 0.0459. The molecule has 0 bridgehead atoms. The monoisotopic (exact) mass is 464 g/mol. The molecule has 0 amide bonds. The van der Waals surface area contributed by atoms with Crippen molar-refractivity contribution in [2.75, 3.05) is 6.54 Å². The maximum absolute atomic E-state index is 13.1. The highest BCUT2D eigenvalue weighted by molar-refractivity contribution is 6.09. The second-order valence-electron chi connectivity index (χ2n) is 8.33. The Kier molecular flexibility index (Phi) is 5.63. The zero-order valence-corrected chi connectivity index (χ0v) is 18.4. The molecule has 8 heteroatoms. The zero-order valence-electron chi connectivity index (χ0n) is 18.4. The number of aliphatic hydroxyl groups excluding tert-OH is 1. The zero-order chi connectivity index (χ0) is 23.9. The van der Waals surface area contributed by atoms with Crippen LogP contribution in [-0.2, 0) is 12.7 Å². The van der Waals surface area contributed by atoms with Gasteiger partial charge in [-0.05, 0) is 61.0 Å². The van der Waals surface area contributed by atoms with Gasteiger partial charge in [-0.1, -0.05) is 17.7 Å². The largest absolute Gasteiger partial charge is 0.416 e. The summed E-state index contributed by atoms with van der Waals surface area (Å²) < 4.78 is 43.1. The van der Waals surface area contributed by atoms with Crippen LogP contribution in [0.25, 0.3) is 27.5 Å². The molecule has 1 unspecified atom stereocenters. The summed E-state index contributed by atoms with van der Waals surface area (Å²) in [6.45, 7) is 3.23. The van der Waals surface area contributed by atoms with Crippen molar-refractivity contribution in [2.24, 2.45) is 0 Å². The predicted molar refractivity (Wildman–Crippen MR) is 126 cm³/mol. The second kappa shape index (κ2) is 8.62. The smallest absolute Gasteiger partial charge is 0.374 e. The quantitative estimate of drug-likeness (QED) is 0.322. The number of rotatable bonds is 6. The Labute approximate surface area is 194 Å². The number of nitrogens with zero attached hydrogens (tertiary/aromatic N) is 3. The van der Waals surface area contributed by atoms with Gasteiger partial charge in [-0.15, -0.1) is 0 Å². The maximum atomic E-state index is 13.1. The molecular weight excluding hydrogens is 441 g/mol. The highest BCUT2D eigenvalue weighted by atomic mass is 19.4. The van der Waals surface area contributed by atoms with E-state index in [-0.39, 0.29) is 0 Å². The first-order valence-electron chi connectivity index (χ1n) is 10.9. The molecule has 0 radical (unpaired) electrons. The van der Waals surface area contributed by atoms with Crippen LogP contribution < -0.4 is 5.32 Å². The van der Waals surface area contributed by atoms with Crippen molar-refractivity contribution >= 4 is 21.8 Å². The van der Waals surface area contributed by atoms with Gasteiger partial charge in [0.1, 0.15) is 6.23 Å². The van der Waals surface area contributed by atoms with Crippen LogP contribution in [0.15, 0.2) is 79.4 Å². The molecule has 0 aliphatic carbocycles. The minimum atomic E-state index is -4.38. The molecule has 0 aliphatic rings. The van der Waals surface area contributed by atoms with E-state index >= 15 is 0 Å². The van der Waals surface area contributed by atoms with Crippen LogP contribution in [0, 0.1) is 6.92 Å². The van der Waals surface area contributed by atoms with Crippen LogP contribution in [0.5, 0.6) is 0 Å². The van der Waals surface area contributed by atoms with Crippen molar-refractivity contribution in [3.8, 4) is 5.69 Å². The standard InChI is InChI=1S/C26H23F3N4O/c1-17-2-8-23-21(14-17)22-15-18(25(34)31-11-13-32-12-10-30-16-32)3-9-24(22)33(23)20-6-4-19(5-7-20)26(27,28)29/h2-10,12,14-16,25,31,34H,11,13H2,1H3. The van der Waals surface area contributed by atoms with Crippen molar-refractivity contribution < 1.29 is 18.3 Å². The van der Waals surface area contributed by atoms with E-state index in [1.807, 2.05) is 52.6 Å². The molecule has 2 N–H and O–H groups in total. The van der Waals surface area contributed by atoms with Gasteiger partial charge in [0.05, 0.1) is 22.9 Å². The summed E-state index contributed by atoms with van der Waals surface area (Å²) in [5.41, 5.74) is 3.49. The number of aryl methyl sites for hydroxylation is 1. The number of aliphatic hydroxyl groups is 1. The van der Waals surface area contributed by atoms with Crippen molar-refractivity contribution in [3.05, 3.63) is 96.1 Å². The lowest BCUT2D eigenvalue weighted by atomic mass is 10.1. The lowest BCUT2D eigenvalue weighted by molar-refractivity contribution is -0.137. The Morgan fingerprint density at radius 1 is 0.971 bits per heavy atom. The van der Waals surface area contributed by atoms with Gasteiger partial charge in [-0.25, -0.2) is 4.98 Å².